The molecule has 1 heterocycles. The normalized spacial score (nSPS) is 13.7. The van der Waals surface area contributed by atoms with E-state index >= 15 is 0 Å². The smallest absolute Gasteiger partial charge is 0.289 e. The summed E-state index contributed by atoms with van der Waals surface area (Å²) in [5.74, 6) is 0.547. The molecule has 6 nitrogen and oxygen atoms in total. The quantitative estimate of drug-likeness (QED) is 0.673. The highest BCUT2D eigenvalue weighted by atomic mass is 16.7. The molecule has 0 saturated carbocycles. The van der Waals surface area contributed by atoms with Crippen LogP contribution in [0.3, 0.4) is 0 Å². The van der Waals surface area contributed by atoms with Gasteiger partial charge in [-0.15, -0.1) is 0 Å². The van der Waals surface area contributed by atoms with Crippen molar-refractivity contribution < 1.29 is 19.1 Å². The van der Waals surface area contributed by atoms with E-state index in [1.54, 1.807) is 0 Å². The number of nitrogens with one attached hydrogen (secondary N) is 2. The minimum atomic E-state index is -0.523. The van der Waals surface area contributed by atoms with Crippen LogP contribution in [0, 0.1) is 0 Å². The van der Waals surface area contributed by atoms with E-state index in [-0.39, 0.29) is 12.6 Å². The molecule has 1 unspecified atom stereocenters. The minimum absolute atomic E-state index is 0.243. The number of fused-ring (bicyclic) bond motifs is 1. The summed E-state index contributed by atoms with van der Waals surface area (Å²) in [6.07, 6.45) is 2.16. The second kappa shape index (κ2) is 8.53. The maximum Gasteiger partial charge on any atom is 0.289 e. The second-order valence-corrected chi connectivity index (χ2v) is 5.46. The molecular weight excluding hydrogens is 296 g/mol. The molecule has 0 aromatic heterocycles. The van der Waals surface area contributed by atoms with Crippen molar-refractivity contribution in [2.45, 2.75) is 39.2 Å². The molecule has 2 N–H and O–H groups in total. The van der Waals surface area contributed by atoms with Gasteiger partial charge < -0.3 is 20.1 Å². The standard InChI is InChI=1S/C17H24N2O4/c1-3-5-13(18-4-2)16(20)17(21)19-9-8-12-6-7-14-15(10-12)23-11-22-14/h6-7,10,13,18H,3-5,8-9,11H2,1-2H3,(H,19,21). The first kappa shape index (κ1) is 17.3. The molecule has 1 aromatic carbocycles. The topological polar surface area (TPSA) is 76.7 Å². The lowest BCUT2D eigenvalue weighted by molar-refractivity contribution is -0.139. The van der Waals surface area contributed by atoms with Crippen LogP contribution in [0.25, 0.3) is 0 Å². The van der Waals surface area contributed by atoms with Gasteiger partial charge in [0.25, 0.3) is 5.91 Å². The fourth-order valence-corrected chi connectivity index (χ4v) is 2.52. The number of benzene rings is 1. The number of hydrogen-bond donors (Lipinski definition) is 2. The number of hydrogen-bond acceptors (Lipinski definition) is 5. The number of likely N-dealkylation sites (N-methyl/N-ethyl adjacent to an activating group) is 1. The Hall–Kier alpha value is -2.08. The first-order chi connectivity index (χ1) is 11.2. The van der Waals surface area contributed by atoms with Crippen LogP contribution in [-0.4, -0.2) is 37.6 Å². The molecule has 0 saturated heterocycles. The molecule has 126 valence electrons. The fourth-order valence-electron chi connectivity index (χ4n) is 2.52. The van der Waals surface area contributed by atoms with Crippen molar-refractivity contribution in [3.63, 3.8) is 0 Å². The Balaban J connectivity index is 1.80. The number of amides is 1. The summed E-state index contributed by atoms with van der Waals surface area (Å²) in [4.78, 5) is 24.1. The first-order valence-electron chi connectivity index (χ1n) is 8.09. The molecule has 1 aliphatic heterocycles. The Morgan fingerprint density at radius 1 is 1.22 bits per heavy atom. The molecule has 1 aliphatic rings. The molecule has 2 rings (SSSR count). The third-order valence-corrected chi connectivity index (χ3v) is 3.70. The van der Waals surface area contributed by atoms with E-state index in [9.17, 15) is 9.59 Å². The summed E-state index contributed by atoms with van der Waals surface area (Å²) in [7, 11) is 0. The van der Waals surface area contributed by atoms with E-state index in [4.69, 9.17) is 9.47 Å². The van der Waals surface area contributed by atoms with Gasteiger partial charge in [0, 0.05) is 6.54 Å². The van der Waals surface area contributed by atoms with Crippen LogP contribution in [0.4, 0.5) is 0 Å². The minimum Gasteiger partial charge on any atom is -0.454 e. The fraction of sp³-hybridized carbons (Fsp3) is 0.529. The van der Waals surface area contributed by atoms with Crippen LogP contribution in [-0.2, 0) is 16.0 Å². The van der Waals surface area contributed by atoms with Crippen molar-refractivity contribution in [1.82, 2.24) is 10.6 Å². The van der Waals surface area contributed by atoms with Gasteiger partial charge in [0.15, 0.2) is 11.5 Å². The maximum atomic E-state index is 12.1. The lowest BCUT2D eigenvalue weighted by atomic mass is 10.1. The number of carbonyl (C=O) groups excluding carboxylic acids is 2. The Bertz CT molecular complexity index is 554. The van der Waals surface area contributed by atoms with Gasteiger partial charge in [0.05, 0.1) is 6.04 Å². The molecule has 0 spiro atoms. The highest BCUT2D eigenvalue weighted by Crippen LogP contribution is 2.32. The molecular formula is C17H24N2O4. The van der Waals surface area contributed by atoms with Crippen LogP contribution in [0.2, 0.25) is 0 Å². The molecule has 1 aromatic rings. The average Bonchev–Trinajstić information content (AvgIpc) is 3.01. The predicted molar refractivity (Wildman–Crippen MR) is 86.7 cm³/mol. The van der Waals surface area contributed by atoms with Crippen molar-refractivity contribution >= 4 is 11.7 Å². The number of rotatable bonds is 9. The van der Waals surface area contributed by atoms with Crippen molar-refractivity contribution in [3.8, 4) is 11.5 Å². The molecule has 0 bridgehead atoms. The highest BCUT2D eigenvalue weighted by Gasteiger charge is 2.23. The summed E-state index contributed by atoms with van der Waals surface area (Å²) < 4.78 is 10.6. The van der Waals surface area contributed by atoms with Gasteiger partial charge in [-0.25, -0.2) is 0 Å². The molecule has 0 radical (unpaired) electrons. The van der Waals surface area contributed by atoms with Crippen LogP contribution >= 0.6 is 0 Å². The van der Waals surface area contributed by atoms with Gasteiger partial charge in [-0.1, -0.05) is 26.3 Å². The van der Waals surface area contributed by atoms with Gasteiger partial charge in [0.2, 0.25) is 12.6 Å². The van der Waals surface area contributed by atoms with Crippen LogP contribution in [0.1, 0.15) is 32.3 Å². The molecule has 1 amide bonds. The van der Waals surface area contributed by atoms with E-state index in [1.165, 1.54) is 0 Å². The zero-order valence-electron chi connectivity index (χ0n) is 13.7. The molecule has 1 atom stereocenters. The Morgan fingerprint density at radius 2 is 2.00 bits per heavy atom. The average molecular weight is 320 g/mol. The van der Waals surface area contributed by atoms with Crippen LogP contribution < -0.4 is 20.1 Å². The van der Waals surface area contributed by atoms with Gasteiger partial charge >= 0.3 is 0 Å². The molecule has 23 heavy (non-hydrogen) atoms. The second-order valence-electron chi connectivity index (χ2n) is 5.46. The number of ether oxygens (including phenoxy) is 2. The van der Waals surface area contributed by atoms with E-state index in [2.05, 4.69) is 10.6 Å². The van der Waals surface area contributed by atoms with Crippen molar-refractivity contribution in [3.05, 3.63) is 23.8 Å². The lowest BCUT2D eigenvalue weighted by Crippen LogP contribution is -2.45. The van der Waals surface area contributed by atoms with Crippen molar-refractivity contribution in [1.29, 1.82) is 0 Å². The Labute approximate surface area is 136 Å². The van der Waals surface area contributed by atoms with Gasteiger partial charge in [-0.3, -0.25) is 9.59 Å². The summed E-state index contributed by atoms with van der Waals surface area (Å²) in [6.45, 7) is 5.24. The molecule has 0 aliphatic carbocycles. The zero-order chi connectivity index (χ0) is 16.7. The van der Waals surface area contributed by atoms with E-state index in [0.717, 1.165) is 23.5 Å². The van der Waals surface area contributed by atoms with Gasteiger partial charge in [-0.05, 0) is 37.1 Å². The maximum absolute atomic E-state index is 12.1. The van der Waals surface area contributed by atoms with Gasteiger partial charge in [0.1, 0.15) is 0 Å². The van der Waals surface area contributed by atoms with Crippen molar-refractivity contribution in [2.75, 3.05) is 19.9 Å². The van der Waals surface area contributed by atoms with Crippen molar-refractivity contribution in [2.24, 2.45) is 0 Å². The highest BCUT2D eigenvalue weighted by molar-refractivity contribution is 6.38. The van der Waals surface area contributed by atoms with Crippen LogP contribution in [0.15, 0.2) is 18.2 Å². The third kappa shape index (κ3) is 4.69. The monoisotopic (exact) mass is 320 g/mol. The predicted octanol–water partition coefficient (Wildman–Crippen LogP) is 1.42. The summed E-state index contributed by atoms with van der Waals surface area (Å²) in [5.41, 5.74) is 1.03. The van der Waals surface area contributed by atoms with Gasteiger partial charge in [-0.2, -0.15) is 0 Å². The third-order valence-electron chi connectivity index (χ3n) is 3.70. The zero-order valence-corrected chi connectivity index (χ0v) is 13.7. The molecule has 0 fully saturated rings. The van der Waals surface area contributed by atoms with Crippen LogP contribution in [0.5, 0.6) is 11.5 Å². The SMILES string of the molecule is CCCC(NCC)C(=O)C(=O)NCCc1ccc2c(c1)OCO2. The number of ketones is 1. The number of Topliss-reactive ketones (excluding diaryl/α,β-unsaturated/α-hetero) is 1. The lowest BCUT2D eigenvalue weighted by Gasteiger charge is -2.15. The Kier molecular flexibility index (Phi) is 6.40. The van der Waals surface area contributed by atoms with E-state index < -0.39 is 11.9 Å². The number of carbonyl (C=O) groups is 2. The summed E-state index contributed by atoms with van der Waals surface area (Å²) >= 11 is 0. The first-order valence-corrected chi connectivity index (χ1v) is 8.09. The Morgan fingerprint density at radius 3 is 2.74 bits per heavy atom. The van der Waals surface area contributed by atoms with E-state index in [0.29, 0.717) is 25.9 Å². The summed E-state index contributed by atoms with van der Waals surface area (Å²) in [5, 5.41) is 5.76. The van der Waals surface area contributed by atoms with E-state index in [1.807, 2.05) is 32.0 Å². The summed E-state index contributed by atoms with van der Waals surface area (Å²) in [6, 6.07) is 5.29. The largest absolute Gasteiger partial charge is 0.454 e. The molecule has 6 heteroatoms.